The number of thiazole rings is 1. The first-order chi connectivity index (χ1) is 10.0. The lowest BCUT2D eigenvalue weighted by Crippen LogP contribution is -2.21. The van der Waals surface area contributed by atoms with Crippen molar-refractivity contribution in [3.8, 4) is 5.75 Å². The SMILES string of the molecule is CCNC(c1ccc(OC(C)C)cc1)c1nc(C)c(C)s1. The molecule has 0 saturated carbocycles. The second-order valence-electron chi connectivity index (χ2n) is 5.42. The standard InChI is InChI=1S/C17H24N2OS/c1-6-18-16(17-19-12(4)13(5)21-17)14-7-9-15(10-8-14)20-11(2)3/h7-11,16,18H,6H2,1-5H3. The van der Waals surface area contributed by atoms with E-state index in [1.54, 1.807) is 11.3 Å². The van der Waals surface area contributed by atoms with E-state index in [4.69, 9.17) is 9.72 Å². The molecule has 0 fully saturated rings. The van der Waals surface area contributed by atoms with Crippen LogP contribution in [0.4, 0.5) is 0 Å². The third-order valence-corrected chi connectivity index (χ3v) is 4.42. The third kappa shape index (κ3) is 4.05. The van der Waals surface area contributed by atoms with E-state index < -0.39 is 0 Å². The van der Waals surface area contributed by atoms with Crippen LogP contribution in [-0.4, -0.2) is 17.6 Å². The summed E-state index contributed by atoms with van der Waals surface area (Å²) in [5, 5.41) is 4.65. The highest BCUT2D eigenvalue weighted by Crippen LogP contribution is 2.29. The van der Waals surface area contributed by atoms with Gasteiger partial charge in [0, 0.05) is 4.88 Å². The summed E-state index contributed by atoms with van der Waals surface area (Å²) in [7, 11) is 0. The van der Waals surface area contributed by atoms with E-state index in [0.717, 1.165) is 23.0 Å². The lowest BCUT2D eigenvalue weighted by Gasteiger charge is -2.17. The first-order valence-electron chi connectivity index (χ1n) is 7.45. The molecule has 1 aromatic heterocycles. The lowest BCUT2D eigenvalue weighted by atomic mass is 10.1. The maximum Gasteiger partial charge on any atom is 0.119 e. The lowest BCUT2D eigenvalue weighted by molar-refractivity contribution is 0.242. The largest absolute Gasteiger partial charge is 0.491 e. The smallest absolute Gasteiger partial charge is 0.119 e. The fourth-order valence-corrected chi connectivity index (χ4v) is 3.21. The maximum absolute atomic E-state index is 5.70. The summed E-state index contributed by atoms with van der Waals surface area (Å²) in [6.07, 6.45) is 0.199. The molecule has 0 saturated heterocycles. The highest BCUT2D eigenvalue weighted by atomic mass is 32.1. The van der Waals surface area contributed by atoms with Crippen molar-refractivity contribution in [1.29, 1.82) is 0 Å². The van der Waals surface area contributed by atoms with Crippen molar-refractivity contribution in [2.75, 3.05) is 6.54 Å². The average Bonchev–Trinajstić information content (AvgIpc) is 2.76. The highest BCUT2D eigenvalue weighted by molar-refractivity contribution is 7.11. The number of nitrogens with zero attached hydrogens (tertiary/aromatic N) is 1. The summed E-state index contributed by atoms with van der Waals surface area (Å²) in [5.41, 5.74) is 2.35. The van der Waals surface area contributed by atoms with E-state index >= 15 is 0 Å². The molecule has 1 N–H and O–H groups in total. The first kappa shape index (κ1) is 16.0. The molecule has 1 heterocycles. The number of nitrogens with one attached hydrogen (secondary N) is 1. The number of benzene rings is 1. The molecule has 1 aromatic carbocycles. The number of aryl methyl sites for hydroxylation is 2. The first-order valence-corrected chi connectivity index (χ1v) is 8.26. The zero-order valence-electron chi connectivity index (χ0n) is 13.4. The number of rotatable bonds is 6. The van der Waals surface area contributed by atoms with Crippen LogP contribution in [0.1, 0.15) is 48.0 Å². The highest BCUT2D eigenvalue weighted by Gasteiger charge is 2.17. The van der Waals surface area contributed by atoms with Gasteiger partial charge in [-0.3, -0.25) is 0 Å². The van der Waals surface area contributed by atoms with Crippen molar-refractivity contribution in [2.24, 2.45) is 0 Å². The number of hydrogen-bond acceptors (Lipinski definition) is 4. The molecule has 114 valence electrons. The van der Waals surface area contributed by atoms with Crippen molar-refractivity contribution in [2.45, 2.75) is 46.8 Å². The van der Waals surface area contributed by atoms with Gasteiger partial charge in [0.25, 0.3) is 0 Å². The van der Waals surface area contributed by atoms with Crippen LogP contribution in [0.3, 0.4) is 0 Å². The number of aromatic nitrogens is 1. The Bertz CT molecular complexity index is 555. The van der Waals surface area contributed by atoms with E-state index in [1.807, 2.05) is 26.0 Å². The van der Waals surface area contributed by atoms with E-state index in [9.17, 15) is 0 Å². The zero-order valence-corrected chi connectivity index (χ0v) is 14.3. The fourth-order valence-electron chi connectivity index (χ4n) is 2.18. The van der Waals surface area contributed by atoms with Crippen LogP contribution in [0.2, 0.25) is 0 Å². The van der Waals surface area contributed by atoms with E-state index in [1.165, 1.54) is 10.4 Å². The van der Waals surface area contributed by atoms with Gasteiger partial charge in [-0.15, -0.1) is 11.3 Å². The molecule has 0 aliphatic rings. The molecule has 2 aromatic rings. The molecule has 4 heteroatoms. The molecule has 0 amide bonds. The molecule has 21 heavy (non-hydrogen) atoms. The van der Waals surface area contributed by atoms with Gasteiger partial charge in [-0.05, 0) is 51.9 Å². The molecular formula is C17H24N2OS. The van der Waals surface area contributed by atoms with Gasteiger partial charge >= 0.3 is 0 Å². The Morgan fingerprint density at radius 1 is 1.19 bits per heavy atom. The Balaban J connectivity index is 2.25. The molecule has 0 aliphatic heterocycles. The van der Waals surface area contributed by atoms with Crippen LogP contribution in [0.15, 0.2) is 24.3 Å². The molecular weight excluding hydrogens is 280 g/mol. The minimum atomic E-state index is 0.153. The molecule has 0 bridgehead atoms. The second kappa shape index (κ2) is 7.05. The summed E-state index contributed by atoms with van der Waals surface area (Å²) in [6.45, 7) is 11.3. The van der Waals surface area contributed by atoms with Crippen molar-refractivity contribution in [3.05, 3.63) is 45.4 Å². The predicted octanol–water partition coefficient (Wildman–Crippen LogP) is 4.25. The van der Waals surface area contributed by atoms with Crippen LogP contribution >= 0.6 is 11.3 Å². The van der Waals surface area contributed by atoms with Gasteiger partial charge in [0.05, 0.1) is 17.8 Å². The Labute approximate surface area is 131 Å². The minimum absolute atomic E-state index is 0.153. The summed E-state index contributed by atoms with van der Waals surface area (Å²) in [6, 6.07) is 8.47. The number of hydrogen-bond donors (Lipinski definition) is 1. The third-order valence-electron chi connectivity index (χ3n) is 3.29. The van der Waals surface area contributed by atoms with Gasteiger partial charge in [0.15, 0.2) is 0 Å². The second-order valence-corrected chi connectivity index (χ2v) is 6.65. The topological polar surface area (TPSA) is 34.1 Å². The minimum Gasteiger partial charge on any atom is -0.491 e. The summed E-state index contributed by atoms with van der Waals surface area (Å²) >= 11 is 1.77. The van der Waals surface area contributed by atoms with Crippen molar-refractivity contribution < 1.29 is 4.74 Å². The van der Waals surface area contributed by atoms with Crippen LogP contribution in [0.5, 0.6) is 5.75 Å². The molecule has 0 radical (unpaired) electrons. The normalized spacial score (nSPS) is 12.7. The van der Waals surface area contributed by atoms with Gasteiger partial charge in [-0.2, -0.15) is 0 Å². The summed E-state index contributed by atoms with van der Waals surface area (Å²) in [4.78, 5) is 5.99. The van der Waals surface area contributed by atoms with Crippen LogP contribution < -0.4 is 10.1 Å². The zero-order chi connectivity index (χ0) is 15.4. The molecule has 3 nitrogen and oxygen atoms in total. The van der Waals surface area contributed by atoms with Crippen LogP contribution in [0, 0.1) is 13.8 Å². The monoisotopic (exact) mass is 304 g/mol. The molecule has 0 aliphatic carbocycles. The van der Waals surface area contributed by atoms with Gasteiger partial charge in [0.2, 0.25) is 0 Å². The maximum atomic E-state index is 5.70. The quantitative estimate of drug-likeness (QED) is 0.866. The molecule has 1 atom stereocenters. The van der Waals surface area contributed by atoms with Crippen molar-refractivity contribution >= 4 is 11.3 Å². The average molecular weight is 304 g/mol. The fraction of sp³-hybridized carbons (Fsp3) is 0.471. The van der Waals surface area contributed by atoms with Crippen molar-refractivity contribution in [3.63, 3.8) is 0 Å². The number of ether oxygens (including phenoxy) is 1. The Morgan fingerprint density at radius 2 is 1.86 bits per heavy atom. The van der Waals surface area contributed by atoms with Gasteiger partial charge < -0.3 is 10.1 Å². The Kier molecular flexibility index (Phi) is 5.37. The predicted molar refractivity (Wildman–Crippen MR) is 89.3 cm³/mol. The van der Waals surface area contributed by atoms with E-state index in [-0.39, 0.29) is 12.1 Å². The van der Waals surface area contributed by atoms with Crippen molar-refractivity contribution in [1.82, 2.24) is 10.3 Å². The Morgan fingerprint density at radius 3 is 2.33 bits per heavy atom. The van der Waals surface area contributed by atoms with Gasteiger partial charge in [0.1, 0.15) is 10.8 Å². The summed E-state index contributed by atoms with van der Waals surface area (Å²) < 4.78 is 5.70. The molecule has 0 spiro atoms. The van der Waals surface area contributed by atoms with E-state index in [2.05, 4.69) is 38.2 Å². The van der Waals surface area contributed by atoms with Crippen LogP contribution in [0.25, 0.3) is 0 Å². The van der Waals surface area contributed by atoms with Crippen LogP contribution in [-0.2, 0) is 0 Å². The summed E-state index contributed by atoms with van der Waals surface area (Å²) in [5.74, 6) is 0.912. The molecule has 1 unspecified atom stereocenters. The van der Waals surface area contributed by atoms with E-state index in [0.29, 0.717) is 0 Å². The van der Waals surface area contributed by atoms with Gasteiger partial charge in [-0.1, -0.05) is 19.1 Å². The van der Waals surface area contributed by atoms with Gasteiger partial charge in [-0.25, -0.2) is 4.98 Å². The molecule has 2 rings (SSSR count). The Hall–Kier alpha value is -1.39.